The average molecular weight is 438 g/mol. The van der Waals surface area contributed by atoms with Crippen LogP contribution in [-0.2, 0) is 7.05 Å². The van der Waals surface area contributed by atoms with Crippen LogP contribution in [0.25, 0.3) is 5.70 Å². The van der Waals surface area contributed by atoms with Crippen molar-refractivity contribution in [3.63, 3.8) is 0 Å². The molecule has 0 amide bonds. The van der Waals surface area contributed by atoms with E-state index in [1.165, 1.54) is 0 Å². The van der Waals surface area contributed by atoms with Crippen LogP contribution in [0.3, 0.4) is 0 Å². The van der Waals surface area contributed by atoms with Gasteiger partial charge in [-0.15, -0.1) is 0 Å². The van der Waals surface area contributed by atoms with Crippen LogP contribution in [-0.4, -0.2) is 9.55 Å². The lowest BCUT2D eigenvalue weighted by atomic mass is 9.95. The van der Waals surface area contributed by atoms with Gasteiger partial charge in [0, 0.05) is 41.9 Å². The van der Waals surface area contributed by atoms with E-state index in [-0.39, 0.29) is 17.3 Å². The van der Waals surface area contributed by atoms with E-state index >= 15 is 0 Å². The second-order valence-electron chi connectivity index (χ2n) is 7.96. The highest BCUT2D eigenvalue weighted by molar-refractivity contribution is 5.76. The van der Waals surface area contributed by atoms with Crippen LogP contribution in [0.5, 0.6) is 0 Å². The third kappa shape index (κ3) is 4.96. The summed E-state index contributed by atoms with van der Waals surface area (Å²) in [5.41, 5.74) is 11.9. The molecule has 6 heteroatoms. The molecule has 166 valence electrons. The maximum Gasteiger partial charge on any atom is 0.293 e. The van der Waals surface area contributed by atoms with E-state index in [4.69, 9.17) is 5.73 Å². The Labute approximate surface area is 193 Å². The monoisotopic (exact) mass is 437 g/mol. The maximum absolute atomic E-state index is 12.7. The van der Waals surface area contributed by atoms with Crippen LogP contribution >= 0.6 is 0 Å². The van der Waals surface area contributed by atoms with Crippen molar-refractivity contribution in [3.05, 3.63) is 125 Å². The number of hydrogen-bond donors (Lipinski definition) is 3. The molecule has 0 spiro atoms. The van der Waals surface area contributed by atoms with Gasteiger partial charge in [-0.25, -0.2) is 4.98 Å². The molecule has 0 bridgehead atoms. The molecular weight excluding hydrogens is 410 g/mol. The average Bonchev–Trinajstić information content (AvgIpc) is 2.98. The van der Waals surface area contributed by atoms with Crippen molar-refractivity contribution in [1.82, 2.24) is 9.55 Å². The molecule has 0 saturated carbocycles. The fraction of sp³-hybridized carbons (Fsp3) is 0.111. The van der Waals surface area contributed by atoms with Crippen LogP contribution in [0.2, 0.25) is 0 Å². The topological polar surface area (TPSA) is 85.0 Å². The number of nitrogens with one attached hydrogen (secondary N) is 2. The minimum atomic E-state index is -0.205. The standard InChI is InChI=1S/C27H27N5O/c1-18-23(11-7-8-12-24(18)28)25-17-32(3)27(33)26(31-25)30-22-15-13-20(14-16-22)19(2)29-21-9-5-4-6-10-21/h4-17,23,29H,2,28H2,1,3H3,(H,30,31). The van der Waals surface area contributed by atoms with Crippen LogP contribution < -0.4 is 21.9 Å². The first kappa shape index (κ1) is 21.9. The van der Waals surface area contributed by atoms with Gasteiger partial charge in [-0.1, -0.05) is 55.1 Å². The molecule has 1 atom stereocenters. The molecule has 1 heterocycles. The summed E-state index contributed by atoms with van der Waals surface area (Å²) in [6.07, 6.45) is 9.51. The van der Waals surface area contributed by atoms with E-state index in [1.807, 2.05) is 85.8 Å². The molecule has 1 aliphatic carbocycles. The molecule has 4 rings (SSSR count). The van der Waals surface area contributed by atoms with Crippen LogP contribution in [0.4, 0.5) is 17.2 Å². The van der Waals surface area contributed by atoms with E-state index in [0.29, 0.717) is 5.70 Å². The molecular formula is C27H27N5O. The van der Waals surface area contributed by atoms with Crippen molar-refractivity contribution < 1.29 is 0 Å². The van der Waals surface area contributed by atoms with Gasteiger partial charge in [0.25, 0.3) is 5.56 Å². The highest BCUT2D eigenvalue weighted by Crippen LogP contribution is 2.28. The predicted octanol–water partition coefficient (Wildman–Crippen LogP) is 5.05. The lowest BCUT2D eigenvalue weighted by Gasteiger charge is -2.17. The van der Waals surface area contributed by atoms with E-state index in [1.54, 1.807) is 17.8 Å². The van der Waals surface area contributed by atoms with Gasteiger partial charge in [0.2, 0.25) is 0 Å². The van der Waals surface area contributed by atoms with E-state index in [9.17, 15) is 4.79 Å². The molecule has 33 heavy (non-hydrogen) atoms. The zero-order valence-electron chi connectivity index (χ0n) is 18.7. The Kier molecular flexibility index (Phi) is 6.26. The number of aromatic nitrogens is 2. The summed E-state index contributed by atoms with van der Waals surface area (Å²) in [4.78, 5) is 17.4. The Morgan fingerprint density at radius 3 is 2.52 bits per heavy atom. The summed E-state index contributed by atoms with van der Waals surface area (Å²) in [6, 6.07) is 17.6. The summed E-state index contributed by atoms with van der Waals surface area (Å²) in [7, 11) is 1.72. The normalized spacial score (nSPS) is 15.3. The number of allylic oxidation sites excluding steroid dienone is 5. The molecule has 0 saturated heterocycles. The second kappa shape index (κ2) is 9.44. The van der Waals surface area contributed by atoms with Crippen LogP contribution in [0, 0.1) is 0 Å². The smallest absolute Gasteiger partial charge is 0.293 e. The first-order valence-corrected chi connectivity index (χ1v) is 10.7. The van der Waals surface area contributed by atoms with Crippen molar-refractivity contribution in [2.24, 2.45) is 12.8 Å². The second-order valence-corrected chi connectivity index (χ2v) is 7.96. The van der Waals surface area contributed by atoms with Gasteiger partial charge in [0.15, 0.2) is 5.82 Å². The van der Waals surface area contributed by atoms with Crippen molar-refractivity contribution in [2.75, 3.05) is 10.6 Å². The van der Waals surface area contributed by atoms with Crippen LogP contribution in [0.1, 0.15) is 24.1 Å². The van der Waals surface area contributed by atoms with Crippen molar-refractivity contribution in [2.45, 2.75) is 12.8 Å². The number of nitrogens with zero attached hydrogens (tertiary/aromatic N) is 2. The number of benzene rings is 2. The third-order valence-electron chi connectivity index (χ3n) is 5.59. The molecule has 3 aromatic rings. The molecule has 1 unspecified atom stereocenters. The number of nitrogens with two attached hydrogens (primary N) is 1. The summed E-state index contributed by atoms with van der Waals surface area (Å²) >= 11 is 0. The zero-order chi connectivity index (χ0) is 23.4. The predicted molar refractivity (Wildman–Crippen MR) is 136 cm³/mol. The highest BCUT2D eigenvalue weighted by atomic mass is 16.1. The number of para-hydroxylation sites is 1. The Hall–Kier alpha value is -4.32. The van der Waals surface area contributed by atoms with Gasteiger partial charge in [0.05, 0.1) is 5.69 Å². The molecule has 2 aromatic carbocycles. The van der Waals surface area contributed by atoms with Gasteiger partial charge in [-0.2, -0.15) is 0 Å². The van der Waals surface area contributed by atoms with Gasteiger partial charge < -0.3 is 20.9 Å². The molecule has 1 aromatic heterocycles. The zero-order valence-corrected chi connectivity index (χ0v) is 18.7. The first-order chi connectivity index (χ1) is 15.9. The van der Waals surface area contributed by atoms with Crippen molar-refractivity contribution in [3.8, 4) is 0 Å². The number of rotatable bonds is 6. The first-order valence-electron chi connectivity index (χ1n) is 10.7. The Morgan fingerprint density at radius 2 is 1.79 bits per heavy atom. The van der Waals surface area contributed by atoms with Gasteiger partial charge in [-0.3, -0.25) is 4.79 Å². The number of hydrogen-bond acceptors (Lipinski definition) is 5. The fourth-order valence-electron chi connectivity index (χ4n) is 3.63. The van der Waals surface area contributed by atoms with Gasteiger partial charge in [-0.05, 0) is 48.4 Å². The van der Waals surface area contributed by atoms with Gasteiger partial charge >= 0.3 is 0 Å². The summed E-state index contributed by atoms with van der Waals surface area (Å²) in [6.45, 7) is 6.10. The Morgan fingerprint density at radius 1 is 1.06 bits per heavy atom. The third-order valence-corrected chi connectivity index (χ3v) is 5.59. The fourth-order valence-corrected chi connectivity index (χ4v) is 3.63. The van der Waals surface area contributed by atoms with Crippen molar-refractivity contribution >= 4 is 22.9 Å². The van der Waals surface area contributed by atoms with Crippen LogP contribution in [0.15, 0.2) is 108 Å². The lowest BCUT2D eigenvalue weighted by Crippen LogP contribution is -2.23. The number of aryl methyl sites for hydroxylation is 1. The molecule has 0 radical (unpaired) electrons. The molecule has 0 aliphatic heterocycles. The van der Waals surface area contributed by atoms with Gasteiger partial charge in [0.1, 0.15) is 0 Å². The lowest BCUT2D eigenvalue weighted by molar-refractivity contribution is 0.795. The van der Waals surface area contributed by atoms with Crippen molar-refractivity contribution in [1.29, 1.82) is 0 Å². The quantitative estimate of drug-likeness (QED) is 0.503. The largest absolute Gasteiger partial charge is 0.399 e. The number of anilines is 3. The minimum absolute atomic E-state index is 0.109. The molecule has 4 N–H and O–H groups in total. The molecule has 1 aliphatic rings. The molecule has 0 fully saturated rings. The van der Waals surface area contributed by atoms with E-state index in [2.05, 4.69) is 22.2 Å². The SMILES string of the molecule is C=C(Nc1ccccc1)c1ccc(Nc2nc(C3C=CC=CC(N)=C3C)cn(C)c2=O)cc1. The summed E-state index contributed by atoms with van der Waals surface area (Å²) in [5, 5.41) is 6.46. The highest BCUT2D eigenvalue weighted by Gasteiger charge is 2.18. The van der Waals surface area contributed by atoms with E-state index < -0.39 is 0 Å². The Balaban J connectivity index is 1.56. The molecule has 6 nitrogen and oxygen atoms in total. The Bertz CT molecular complexity index is 1310. The minimum Gasteiger partial charge on any atom is -0.399 e. The summed E-state index contributed by atoms with van der Waals surface area (Å²) < 4.78 is 1.54. The van der Waals surface area contributed by atoms with E-state index in [0.717, 1.165) is 33.9 Å². The summed E-state index contributed by atoms with van der Waals surface area (Å²) in [5.74, 6) is 0.156. The maximum atomic E-state index is 12.7.